The van der Waals surface area contributed by atoms with Gasteiger partial charge in [-0.15, -0.1) is 6.58 Å². The van der Waals surface area contributed by atoms with Crippen LogP contribution in [0.4, 0.5) is 0 Å². The zero-order valence-electron chi connectivity index (χ0n) is 10.6. The van der Waals surface area contributed by atoms with E-state index in [2.05, 4.69) is 6.58 Å². The smallest absolute Gasteiger partial charge is 0.254 e. The summed E-state index contributed by atoms with van der Waals surface area (Å²) in [5, 5.41) is 9.61. The third-order valence-corrected chi connectivity index (χ3v) is 2.67. The Morgan fingerprint density at radius 3 is 2.65 bits per heavy atom. The highest BCUT2D eigenvalue weighted by molar-refractivity contribution is 5.95. The van der Waals surface area contributed by atoms with Crippen LogP contribution in [0.15, 0.2) is 30.9 Å². The number of rotatable bonds is 4. The van der Waals surface area contributed by atoms with E-state index in [-0.39, 0.29) is 17.7 Å². The fraction of sp³-hybridized carbons (Fsp3) is 0.357. The number of hydrogen-bond donors (Lipinski definition) is 1. The van der Waals surface area contributed by atoms with E-state index in [0.29, 0.717) is 12.1 Å². The Labute approximate surface area is 102 Å². The first-order valence-electron chi connectivity index (χ1n) is 5.68. The molecule has 1 amide bonds. The highest BCUT2D eigenvalue weighted by atomic mass is 16.3. The van der Waals surface area contributed by atoms with Gasteiger partial charge in [0.25, 0.3) is 5.91 Å². The van der Waals surface area contributed by atoms with Crippen LogP contribution in [0.3, 0.4) is 0 Å². The molecule has 0 saturated heterocycles. The average molecular weight is 233 g/mol. The van der Waals surface area contributed by atoms with Crippen molar-refractivity contribution in [3.05, 3.63) is 42.0 Å². The van der Waals surface area contributed by atoms with Crippen molar-refractivity contribution in [3.8, 4) is 5.75 Å². The van der Waals surface area contributed by atoms with E-state index >= 15 is 0 Å². The molecule has 0 atom stereocenters. The first-order valence-corrected chi connectivity index (χ1v) is 5.68. The van der Waals surface area contributed by atoms with Gasteiger partial charge in [0.05, 0.1) is 0 Å². The van der Waals surface area contributed by atoms with Gasteiger partial charge in [0.2, 0.25) is 0 Å². The van der Waals surface area contributed by atoms with Crippen LogP contribution in [-0.4, -0.2) is 28.5 Å². The van der Waals surface area contributed by atoms with Crippen molar-refractivity contribution >= 4 is 5.91 Å². The maximum absolute atomic E-state index is 12.2. The molecule has 1 aromatic rings. The van der Waals surface area contributed by atoms with Gasteiger partial charge in [-0.3, -0.25) is 4.79 Å². The number of aryl methyl sites for hydroxylation is 1. The summed E-state index contributed by atoms with van der Waals surface area (Å²) in [5.74, 6) is 0.0633. The molecule has 1 rings (SSSR count). The van der Waals surface area contributed by atoms with E-state index in [4.69, 9.17) is 0 Å². The van der Waals surface area contributed by atoms with E-state index < -0.39 is 0 Å². The van der Waals surface area contributed by atoms with Gasteiger partial charge in [-0.2, -0.15) is 0 Å². The minimum Gasteiger partial charge on any atom is -0.508 e. The van der Waals surface area contributed by atoms with Gasteiger partial charge < -0.3 is 10.0 Å². The van der Waals surface area contributed by atoms with E-state index in [1.807, 2.05) is 13.8 Å². The minimum absolute atomic E-state index is 0.0878. The van der Waals surface area contributed by atoms with E-state index in [0.717, 1.165) is 5.56 Å². The molecule has 0 aliphatic carbocycles. The molecular weight excluding hydrogens is 214 g/mol. The van der Waals surface area contributed by atoms with Crippen LogP contribution >= 0.6 is 0 Å². The second-order valence-corrected chi connectivity index (χ2v) is 4.34. The van der Waals surface area contributed by atoms with Gasteiger partial charge in [0.15, 0.2) is 0 Å². The lowest BCUT2D eigenvalue weighted by Gasteiger charge is -2.25. The maximum Gasteiger partial charge on any atom is 0.254 e. The summed E-state index contributed by atoms with van der Waals surface area (Å²) in [6, 6.07) is 5.09. The van der Waals surface area contributed by atoms with Crippen LogP contribution < -0.4 is 0 Å². The highest BCUT2D eigenvalue weighted by Gasteiger charge is 2.17. The summed E-state index contributed by atoms with van der Waals surface area (Å²) < 4.78 is 0. The maximum atomic E-state index is 12.2. The normalized spacial score (nSPS) is 10.4. The number of benzene rings is 1. The lowest BCUT2D eigenvalue weighted by molar-refractivity contribution is 0.0728. The van der Waals surface area contributed by atoms with Gasteiger partial charge in [0, 0.05) is 18.2 Å². The number of carbonyl (C=O) groups excluding carboxylic acids is 1. The quantitative estimate of drug-likeness (QED) is 0.812. The molecule has 17 heavy (non-hydrogen) atoms. The topological polar surface area (TPSA) is 40.5 Å². The van der Waals surface area contributed by atoms with Crippen molar-refractivity contribution in [1.82, 2.24) is 4.90 Å². The molecule has 0 heterocycles. The molecule has 0 bridgehead atoms. The van der Waals surface area contributed by atoms with Crippen molar-refractivity contribution in [2.45, 2.75) is 26.8 Å². The number of amides is 1. The summed E-state index contributed by atoms with van der Waals surface area (Å²) in [5.41, 5.74) is 1.27. The largest absolute Gasteiger partial charge is 0.508 e. The van der Waals surface area contributed by atoms with Crippen LogP contribution in [-0.2, 0) is 0 Å². The number of hydrogen-bond acceptors (Lipinski definition) is 2. The minimum atomic E-state index is -0.0878. The molecule has 92 valence electrons. The van der Waals surface area contributed by atoms with Gasteiger partial charge >= 0.3 is 0 Å². The highest BCUT2D eigenvalue weighted by Crippen LogP contribution is 2.19. The summed E-state index contributed by atoms with van der Waals surface area (Å²) >= 11 is 0. The Bertz CT molecular complexity index is 424. The summed E-state index contributed by atoms with van der Waals surface area (Å²) in [4.78, 5) is 13.9. The van der Waals surface area contributed by atoms with Crippen molar-refractivity contribution in [2.24, 2.45) is 0 Å². The molecule has 0 unspecified atom stereocenters. The number of phenolic OH excluding ortho intramolecular Hbond substituents is 1. The standard InChI is InChI=1S/C14H19NO2/c1-5-8-15(10(2)3)14(17)12-7-6-11(4)13(16)9-12/h5-7,9-10,16H,1,8H2,2-4H3. The lowest BCUT2D eigenvalue weighted by Crippen LogP contribution is -2.37. The van der Waals surface area contributed by atoms with Crippen molar-refractivity contribution in [3.63, 3.8) is 0 Å². The Morgan fingerprint density at radius 2 is 2.18 bits per heavy atom. The van der Waals surface area contributed by atoms with Crippen LogP contribution in [0.5, 0.6) is 5.75 Å². The van der Waals surface area contributed by atoms with Gasteiger partial charge in [-0.1, -0.05) is 12.1 Å². The third kappa shape index (κ3) is 3.09. The van der Waals surface area contributed by atoms with Crippen LogP contribution in [0.25, 0.3) is 0 Å². The summed E-state index contributed by atoms with van der Waals surface area (Å²) in [7, 11) is 0. The Balaban J connectivity index is 3.00. The number of aromatic hydroxyl groups is 1. The molecule has 3 heteroatoms. The van der Waals surface area contributed by atoms with E-state index in [1.165, 1.54) is 6.07 Å². The summed E-state index contributed by atoms with van der Waals surface area (Å²) in [6.45, 7) is 9.86. The molecular formula is C14H19NO2. The van der Waals surface area contributed by atoms with Crippen molar-refractivity contribution < 1.29 is 9.90 Å². The first-order chi connectivity index (χ1) is 7.97. The predicted molar refractivity (Wildman–Crippen MR) is 69.2 cm³/mol. The monoisotopic (exact) mass is 233 g/mol. The molecule has 0 saturated carbocycles. The van der Waals surface area contributed by atoms with Crippen LogP contribution in [0.1, 0.15) is 29.8 Å². The lowest BCUT2D eigenvalue weighted by atomic mass is 10.1. The van der Waals surface area contributed by atoms with Crippen LogP contribution in [0.2, 0.25) is 0 Å². The van der Waals surface area contributed by atoms with Gasteiger partial charge in [-0.05, 0) is 38.5 Å². The Kier molecular flexibility index (Phi) is 4.32. The zero-order chi connectivity index (χ0) is 13.0. The molecule has 0 aliphatic rings. The third-order valence-electron chi connectivity index (χ3n) is 2.67. The van der Waals surface area contributed by atoms with Gasteiger partial charge in [0.1, 0.15) is 5.75 Å². The van der Waals surface area contributed by atoms with Crippen molar-refractivity contribution in [1.29, 1.82) is 0 Å². The zero-order valence-corrected chi connectivity index (χ0v) is 10.6. The van der Waals surface area contributed by atoms with Crippen molar-refractivity contribution in [2.75, 3.05) is 6.54 Å². The fourth-order valence-corrected chi connectivity index (χ4v) is 1.58. The molecule has 0 aromatic heterocycles. The summed E-state index contributed by atoms with van der Waals surface area (Å²) in [6.07, 6.45) is 1.70. The second-order valence-electron chi connectivity index (χ2n) is 4.34. The Morgan fingerprint density at radius 1 is 1.53 bits per heavy atom. The SMILES string of the molecule is C=CCN(C(=O)c1ccc(C)c(O)c1)C(C)C. The Hall–Kier alpha value is -1.77. The average Bonchev–Trinajstić information content (AvgIpc) is 2.28. The molecule has 0 aliphatic heterocycles. The van der Waals surface area contributed by atoms with Crippen LogP contribution in [0, 0.1) is 6.92 Å². The van der Waals surface area contributed by atoms with E-state index in [9.17, 15) is 9.90 Å². The first kappa shape index (κ1) is 13.3. The van der Waals surface area contributed by atoms with E-state index in [1.54, 1.807) is 30.0 Å². The number of carbonyl (C=O) groups is 1. The molecule has 1 N–H and O–H groups in total. The molecule has 0 fully saturated rings. The second kappa shape index (κ2) is 5.53. The number of nitrogens with zero attached hydrogens (tertiary/aromatic N) is 1. The molecule has 3 nitrogen and oxygen atoms in total. The molecule has 0 spiro atoms. The molecule has 0 radical (unpaired) electrons. The molecule has 1 aromatic carbocycles. The predicted octanol–water partition coefficient (Wildman–Crippen LogP) is 2.74. The van der Waals surface area contributed by atoms with Gasteiger partial charge in [-0.25, -0.2) is 0 Å². The fourth-order valence-electron chi connectivity index (χ4n) is 1.58. The number of phenols is 1.